The van der Waals surface area contributed by atoms with E-state index in [1.807, 2.05) is 6.92 Å². The van der Waals surface area contributed by atoms with Crippen LogP contribution in [0.5, 0.6) is 0 Å². The van der Waals surface area contributed by atoms with E-state index in [9.17, 15) is 31.5 Å². The third kappa shape index (κ3) is 5.53. The fourth-order valence-corrected chi connectivity index (χ4v) is 6.63. The van der Waals surface area contributed by atoms with Crippen LogP contribution >= 0.6 is 11.6 Å². The second kappa shape index (κ2) is 9.64. The molecule has 0 bridgehead atoms. The maximum atomic E-state index is 13.8. The highest BCUT2D eigenvalue weighted by Crippen LogP contribution is 2.41. The molecule has 180 valence electrons. The first-order valence-electron chi connectivity index (χ1n) is 10.5. The maximum absolute atomic E-state index is 13.8. The van der Waals surface area contributed by atoms with E-state index in [0.29, 0.717) is 18.9 Å². The molecule has 10 heteroatoms. The van der Waals surface area contributed by atoms with Crippen LogP contribution in [-0.4, -0.2) is 31.8 Å². The number of amides is 1. The second-order valence-electron chi connectivity index (χ2n) is 8.95. The SMILES string of the molecule is Cc1c(NC(=O)c2ccc(Cl)c(S(=O)(=O)C[C@]3(C)CC[C@H](CO)CC3)c2)cc(F)c(F)c1F. The molecule has 1 aliphatic carbocycles. The van der Waals surface area contributed by atoms with Gasteiger partial charge in [-0.05, 0) is 62.1 Å². The van der Waals surface area contributed by atoms with Gasteiger partial charge in [0.2, 0.25) is 0 Å². The molecule has 0 radical (unpaired) electrons. The predicted molar refractivity (Wildman–Crippen MR) is 120 cm³/mol. The van der Waals surface area contributed by atoms with Gasteiger partial charge < -0.3 is 10.4 Å². The van der Waals surface area contributed by atoms with Gasteiger partial charge in [-0.2, -0.15) is 0 Å². The van der Waals surface area contributed by atoms with Crippen LogP contribution in [0.15, 0.2) is 29.2 Å². The predicted octanol–water partition coefficient (Wildman–Crippen LogP) is 5.28. The van der Waals surface area contributed by atoms with Crippen LogP contribution < -0.4 is 5.32 Å². The fourth-order valence-electron chi connectivity index (χ4n) is 4.13. The number of carbonyl (C=O) groups is 1. The van der Waals surface area contributed by atoms with Crippen LogP contribution in [0.3, 0.4) is 0 Å². The number of sulfone groups is 1. The summed E-state index contributed by atoms with van der Waals surface area (Å²) < 4.78 is 67.1. The molecule has 1 amide bonds. The molecule has 2 N–H and O–H groups in total. The van der Waals surface area contributed by atoms with Gasteiger partial charge in [0.1, 0.15) is 0 Å². The molecule has 0 aromatic heterocycles. The van der Waals surface area contributed by atoms with Crippen LogP contribution in [0.1, 0.15) is 48.5 Å². The Morgan fingerprint density at radius 3 is 2.42 bits per heavy atom. The van der Waals surface area contributed by atoms with Crippen LogP contribution in [0.25, 0.3) is 0 Å². The minimum Gasteiger partial charge on any atom is -0.396 e. The highest BCUT2D eigenvalue weighted by molar-refractivity contribution is 7.91. The van der Waals surface area contributed by atoms with Gasteiger partial charge in [0.05, 0.1) is 15.7 Å². The van der Waals surface area contributed by atoms with Gasteiger partial charge in [0.15, 0.2) is 27.3 Å². The first kappa shape index (κ1) is 25.5. The third-order valence-corrected chi connectivity index (χ3v) is 8.82. The van der Waals surface area contributed by atoms with E-state index in [1.165, 1.54) is 19.1 Å². The number of hydrogen-bond donors (Lipinski definition) is 2. The molecule has 5 nitrogen and oxygen atoms in total. The highest BCUT2D eigenvalue weighted by atomic mass is 35.5. The lowest BCUT2D eigenvalue weighted by molar-refractivity contribution is 0.102. The van der Waals surface area contributed by atoms with Crippen LogP contribution in [0.4, 0.5) is 18.9 Å². The highest BCUT2D eigenvalue weighted by Gasteiger charge is 2.36. The fraction of sp³-hybridized carbons (Fsp3) is 0.435. The van der Waals surface area contributed by atoms with E-state index >= 15 is 0 Å². The van der Waals surface area contributed by atoms with E-state index in [4.69, 9.17) is 11.6 Å². The summed E-state index contributed by atoms with van der Waals surface area (Å²) >= 11 is 6.15. The molecule has 33 heavy (non-hydrogen) atoms. The maximum Gasteiger partial charge on any atom is 0.255 e. The van der Waals surface area contributed by atoms with Gasteiger partial charge in [-0.3, -0.25) is 4.79 Å². The van der Waals surface area contributed by atoms with E-state index in [2.05, 4.69) is 5.32 Å². The molecule has 2 aromatic rings. The molecule has 3 rings (SSSR count). The first-order valence-corrected chi connectivity index (χ1v) is 12.5. The summed E-state index contributed by atoms with van der Waals surface area (Å²) in [5, 5.41) is 11.6. The molecule has 0 heterocycles. The second-order valence-corrected chi connectivity index (χ2v) is 11.3. The number of benzene rings is 2. The van der Waals surface area contributed by atoms with Gasteiger partial charge in [-0.1, -0.05) is 18.5 Å². The Bertz CT molecular complexity index is 1180. The normalized spacial score (nSPS) is 21.1. The van der Waals surface area contributed by atoms with Gasteiger partial charge in [-0.15, -0.1) is 0 Å². The van der Waals surface area contributed by atoms with Crippen molar-refractivity contribution in [3.05, 3.63) is 57.9 Å². The molecular formula is C23H25ClF3NO4S. The Morgan fingerprint density at radius 1 is 1.18 bits per heavy atom. The molecular weight excluding hydrogens is 479 g/mol. The monoisotopic (exact) mass is 503 g/mol. The molecule has 0 aliphatic heterocycles. The zero-order valence-electron chi connectivity index (χ0n) is 18.2. The summed E-state index contributed by atoms with van der Waals surface area (Å²) in [6.07, 6.45) is 2.72. The van der Waals surface area contributed by atoms with Gasteiger partial charge >= 0.3 is 0 Å². The summed E-state index contributed by atoms with van der Waals surface area (Å²) in [6.45, 7) is 3.13. The van der Waals surface area contributed by atoms with Crippen molar-refractivity contribution in [3.8, 4) is 0 Å². The Kier molecular flexibility index (Phi) is 7.45. The summed E-state index contributed by atoms with van der Waals surface area (Å²) in [6, 6.07) is 4.34. The smallest absolute Gasteiger partial charge is 0.255 e. The summed E-state index contributed by atoms with van der Waals surface area (Å²) in [7, 11) is -3.87. The van der Waals surface area contributed by atoms with Crippen molar-refractivity contribution >= 4 is 33.0 Å². The molecule has 1 saturated carbocycles. The molecule has 0 unspecified atom stereocenters. The number of carbonyl (C=O) groups excluding carboxylic acids is 1. The Morgan fingerprint density at radius 2 is 1.82 bits per heavy atom. The van der Waals surface area contributed by atoms with Crippen molar-refractivity contribution in [3.63, 3.8) is 0 Å². The lowest BCUT2D eigenvalue weighted by Crippen LogP contribution is -2.33. The molecule has 2 aromatic carbocycles. The standard InChI is InChI=1S/C23H25ClF3NO4S/c1-13-18(10-17(25)21(27)20(13)26)28-22(30)15-3-4-16(24)19(9-15)33(31,32)12-23(2)7-5-14(11-29)6-8-23/h3-4,9-10,14,29H,5-8,11-12H2,1-2H3,(H,28,30)/t14-,23+. The topological polar surface area (TPSA) is 83.5 Å². The summed E-state index contributed by atoms with van der Waals surface area (Å²) in [4.78, 5) is 12.5. The number of hydrogen-bond acceptors (Lipinski definition) is 4. The van der Waals surface area contributed by atoms with E-state index in [1.54, 1.807) is 0 Å². The van der Waals surface area contributed by atoms with E-state index < -0.39 is 38.6 Å². The zero-order valence-corrected chi connectivity index (χ0v) is 19.8. The van der Waals surface area contributed by atoms with Crippen molar-refractivity contribution in [1.29, 1.82) is 0 Å². The van der Waals surface area contributed by atoms with Crippen LogP contribution in [0, 0.1) is 35.7 Å². The first-order chi connectivity index (χ1) is 15.4. The lowest BCUT2D eigenvalue weighted by atomic mass is 9.73. The Labute approximate surface area is 195 Å². The number of rotatable bonds is 6. The van der Waals surface area contributed by atoms with Gasteiger partial charge in [0.25, 0.3) is 5.91 Å². The molecule has 1 aliphatic rings. The quantitative estimate of drug-likeness (QED) is 0.525. The van der Waals surface area contributed by atoms with Crippen LogP contribution in [-0.2, 0) is 9.84 Å². The molecule has 1 fully saturated rings. The zero-order chi connectivity index (χ0) is 24.6. The number of anilines is 1. The summed E-state index contributed by atoms with van der Waals surface area (Å²) in [5.74, 6) is -5.36. The largest absolute Gasteiger partial charge is 0.396 e. The third-order valence-electron chi connectivity index (χ3n) is 6.29. The average Bonchev–Trinajstić information content (AvgIpc) is 2.76. The molecule has 0 atom stereocenters. The van der Waals surface area contributed by atoms with Gasteiger partial charge in [-0.25, -0.2) is 21.6 Å². The van der Waals surface area contributed by atoms with Crippen molar-refractivity contribution in [2.75, 3.05) is 17.7 Å². The number of aliphatic hydroxyl groups is 1. The van der Waals surface area contributed by atoms with E-state index in [-0.39, 0.29) is 45.0 Å². The van der Waals surface area contributed by atoms with Crippen molar-refractivity contribution < 1.29 is 31.5 Å². The van der Waals surface area contributed by atoms with Crippen LogP contribution in [0.2, 0.25) is 5.02 Å². The lowest BCUT2D eigenvalue weighted by Gasteiger charge is -2.36. The number of aliphatic hydroxyl groups excluding tert-OH is 1. The Balaban J connectivity index is 1.85. The van der Waals surface area contributed by atoms with Crippen molar-refractivity contribution in [2.24, 2.45) is 11.3 Å². The number of nitrogens with one attached hydrogen (secondary N) is 1. The molecule has 0 spiro atoms. The van der Waals surface area contributed by atoms with Gasteiger partial charge in [0, 0.05) is 29.5 Å². The molecule has 0 saturated heterocycles. The minimum atomic E-state index is -3.87. The van der Waals surface area contributed by atoms with E-state index in [0.717, 1.165) is 18.9 Å². The van der Waals surface area contributed by atoms with Crippen molar-refractivity contribution in [2.45, 2.75) is 44.4 Å². The number of halogens is 4. The minimum absolute atomic E-state index is 0.0470. The Hall–Kier alpha value is -2.10. The average molecular weight is 504 g/mol. The van der Waals surface area contributed by atoms with Crippen molar-refractivity contribution in [1.82, 2.24) is 0 Å². The summed E-state index contributed by atoms with van der Waals surface area (Å²) in [5.41, 5.74) is -1.15.